The summed E-state index contributed by atoms with van der Waals surface area (Å²) in [7, 11) is -3.74. The second-order valence-electron chi connectivity index (χ2n) is 6.58. The largest absolute Gasteiger partial charge is 0.454 e. The molecule has 27 heavy (non-hydrogen) atoms. The topological polar surface area (TPSA) is 84.9 Å². The molecule has 1 N–H and O–H groups in total. The van der Waals surface area contributed by atoms with Crippen molar-refractivity contribution >= 4 is 21.6 Å². The average Bonchev–Trinajstić information content (AvgIpc) is 3.34. The Morgan fingerprint density at radius 3 is 2.44 bits per heavy atom. The van der Waals surface area contributed by atoms with Crippen molar-refractivity contribution < 1.29 is 22.7 Å². The number of amides is 1. The number of likely N-dealkylation sites (tertiary alicyclic amines) is 1. The van der Waals surface area contributed by atoms with Gasteiger partial charge in [-0.2, -0.15) is 0 Å². The molecule has 7 nitrogen and oxygen atoms in total. The summed E-state index contributed by atoms with van der Waals surface area (Å²) in [6.45, 7) is 1.74. The van der Waals surface area contributed by atoms with Crippen molar-refractivity contribution in [1.82, 2.24) is 4.90 Å². The lowest BCUT2D eigenvalue weighted by Crippen LogP contribution is -2.29. The number of nitrogens with zero attached hydrogens (tertiary/aromatic N) is 1. The van der Waals surface area contributed by atoms with Gasteiger partial charge in [-0.05, 0) is 42.7 Å². The summed E-state index contributed by atoms with van der Waals surface area (Å²) < 4.78 is 38.1. The number of ether oxygens (including phenoxy) is 2. The molecule has 2 heterocycles. The molecule has 0 aromatic heterocycles. The normalized spacial score (nSPS) is 15.8. The van der Waals surface area contributed by atoms with E-state index in [1.165, 1.54) is 12.1 Å². The Hall–Kier alpha value is -2.74. The number of fused-ring (bicyclic) bond motifs is 1. The third-order valence-electron chi connectivity index (χ3n) is 4.67. The smallest absolute Gasteiger partial charge is 0.262 e. The highest BCUT2D eigenvalue weighted by Gasteiger charge is 2.21. The minimum absolute atomic E-state index is 0.0872. The van der Waals surface area contributed by atoms with E-state index in [-0.39, 0.29) is 17.6 Å². The van der Waals surface area contributed by atoms with E-state index < -0.39 is 10.0 Å². The lowest BCUT2D eigenvalue weighted by Gasteiger charge is -2.15. The molecule has 0 unspecified atom stereocenters. The molecule has 1 amide bonds. The van der Waals surface area contributed by atoms with Crippen molar-refractivity contribution in [2.45, 2.75) is 24.2 Å². The van der Waals surface area contributed by atoms with Gasteiger partial charge in [-0.3, -0.25) is 9.52 Å². The van der Waals surface area contributed by atoms with Gasteiger partial charge in [0, 0.05) is 24.8 Å². The van der Waals surface area contributed by atoms with Crippen molar-refractivity contribution in [2.75, 3.05) is 24.6 Å². The van der Waals surface area contributed by atoms with Crippen molar-refractivity contribution in [3.05, 3.63) is 48.0 Å². The average molecular weight is 388 g/mol. The van der Waals surface area contributed by atoms with Crippen LogP contribution in [0.15, 0.2) is 47.4 Å². The Labute approximate surface area is 157 Å². The third kappa shape index (κ3) is 3.85. The van der Waals surface area contributed by atoms with Crippen LogP contribution in [0.2, 0.25) is 0 Å². The molecule has 0 radical (unpaired) electrons. The van der Waals surface area contributed by atoms with Crippen LogP contribution in [-0.2, 0) is 21.2 Å². The fraction of sp³-hybridized carbons (Fsp3) is 0.316. The van der Waals surface area contributed by atoms with Gasteiger partial charge < -0.3 is 14.4 Å². The lowest BCUT2D eigenvalue weighted by molar-refractivity contribution is -0.129. The summed E-state index contributed by atoms with van der Waals surface area (Å²) in [4.78, 5) is 14.2. The van der Waals surface area contributed by atoms with Gasteiger partial charge >= 0.3 is 0 Å². The molecule has 0 spiro atoms. The van der Waals surface area contributed by atoms with Gasteiger partial charge in [0.1, 0.15) is 0 Å². The molecule has 142 valence electrons. The molecule has 0 atom stereocenters. The number of nitrogens with one attached hydrogen (secondary N) is 1. The Balaban J connectivity index is 1.43. The zero-order chi connectivity index (χ0) is 18.9. The standard InChI is InChI=1S/C19H20N2O5S/c22-19(21-9-1-2-10-21)11-14-3-5-15(6-4-14)20-27(23,24)16-7-8-17-18(12-16)26-13-25-17/h3-8,12,20H,1-2,9-11,13H2. The van der Waals surface area contributed by atoms with Crippen molar-refractivity contribution in [3.8, 4) is 11.5 Å². The summed E-state index contributed by atoms with van der Waals surface area (Å²) in [5.41, 5.74) is 1.29. The Kier molecular flexibility index (Phi) is 4.65. The second kappa shape index (κ2) is 7.11. The number of hydrogen-bond donors (Lipinski definition) is 1. The molecule has 0 bridgehead atoms. The van der Waals surface area contributed by atoms with E-state index in [1.807, 2.05) is 4.90 Å². The number of hydrogen-bond acceptors (Lipinski definition) is 5. The lowest BCUT2D eigenvalue weighted by atomic mass is 10.1. The van der Waals surface area contributed by atoms with Crippen LogP contribution in [0.1, 0.15) is 18.4 Å². The van der Waals surface area contributed by atoms with E-state index >= 15 is 0 Å². The van der Waals surface area contributed by atoms with Gasteiger partial charge in [0.25, 0.3) is 10.0 Å². The predicted molar refractivity (Wildman–Crippen MR) is 99.3 cm³/mol. The number of carbonyl (C=O) groups excluding carboxylic acids is 1. The fourth-order valence-corrected chi connectivity index (χ4v) is 4.28. The molecule has 4 rings (SSSR count). The van der Waals surface area contributed by atoms with Gasteiger partial charge in [0.2, 0.25) is 12.7 Å². The maximum Gasteiger partial charge on any atom is 0.262 e. The highest BCUT2D eigenvalue weighted by Crippen LogP contribution is 2.34. The van der Waals surface area contributed by atoms with E-state index in [2.05, 4.69) is 4.72 Å². The number of benzene rings is 2. The van der Waals surface area contributed by atoms with Crippen LogP contribution < -0.4 is 14.2 Å². The summed E-state index contributed by atoms with van der Waals surface area (Å²) in [5.74, 6) is 1.05. The summed E-state index contributed by atoms with van der Waals surface area (Å²) in [6, 6.07) is 11.3. The molecular formula is C19H20N2O5S. The van der Waals surface area contributed by atoms with E-state index in [9.17, 15) is 13.2 Å². The molecule has 2 aromatic rings. The Bertz CT molecular complexity index is 951. The van der Waals surface area contributed by atoms with Crippen LogP contribution in [0.3, 0.4) is 0 Å². The molecule has 1 saturated heterocycles. The minimum Gasteiger partial charge on any atom is -0.454 e. The number of carbonyl (C=O) groups is 1. The first kappa shape index (κ1) is 17.7. The molecule has 8 heteroatoms. The molecular weight excluding hydrogens is 368 g/mol. The highest BCUT2D eigenvalue weighted by molar-refractivity contribution is 7.92. The van der Waals surface area contributed by atoms with Crippen LogP contribution in [0.5, 0.6) is 11.5 Å². The third-order valence-corrected chi connectivity index (χ3v) is 6.05. The maximum atomic E-state index is 12.6. The highest BCUT2D eigenvalue weighted by atomic mass is 32.2. The quantitative estimate of drug-likeness (QED) is 0.850. The van der Waals surface area contributed by atoms with Crippen molar-refractivity contribution in [2.24, 2.45) is 0 Å². The Morgan fingerprint density at radius 1 is 1.00 bits per heavy atom. The van der Waals surface area contributed by atoms with Gasteiger partial charge in [-0.15, -0.1) is 0 Å². The SMILES string of the molecule is O=C(Cc1ccc(NS(=O)(=O)c2ccc3c(c2)OCO3)cc1)N1CCCC1. The zero-order valence-corrected chi connectivity index (χ0v) is 15.5. The van der Waals surface area contributed by atoms with Gasteiger partial charge in [-0.25, -0.2) is 8.42 Å². The first-order valence-corrected chi connectivity index (χ1v) is 10.3. The Morgan fingerprint density at radius 2 is 1.70 bits per heavy atom. The summed E-state index contributed by atoms with van der Waals surface area (Å²) in [5, 5.41) is 0. The minimum atomic E-state index is -3.74. The van der Waals surface area contributed by atoms with Crippen LogP contribution in [0, 0.1) is 0 Å². The van der Waals surface area contributed by atoms with Gasteiger partial charge in [-0.1, -0.05) is 12.1 Å². The van der Waals surface area contributed by atoms with Crippen molar-refractivity contribution in [3.63, 3.8) is 0 Å². The number of anilines is 1. The van der Waals surface area contributed by atoms with Crippen LogP contribution in [0.25, 0.3) is 0 Å². The van der Waals surface area contributed by atoms with E-state index in [0.717, 1.165) is 31.5 Å². The monoisotopic (exact) mass is 388 g/mol. The van der Waals surface area contributed by atoms with E-state index in [0.29, 0.717) is 23.6 Å². The maximum absolute atomic E-state index is 12.6. The van der Waals surface area contributed by atoms with E-state index in [4.69, 9.17) is 9.47 Å². The first-order chi connectivity index (χ1) is 13.0. The number of sulfonamides is 1. The predicted octanol–water partition coefficient (Wildman–Crippen LogP) is 2.38. The first-order valence-electron chi connectivity index (χ1n) is 8.80. The van der Waals surface area contributed by atoms with Gasteiger partial charge in [0.05, 0.1) is 11.3 Å². The molecule has 0 saturated carbocycles. The van der Waals surface area contributed by atoms with E-state index in [1.54, 1.807) is 30.3 Å². The summed E-state index contributed by atoms with van der Waals surface area (Å²) in [6.07, 6.45) is 2.45. The van der Waals surface area contributed by atoms with Crippen molar-refractivity contribution in [1.29, 1.82) is 0 Å². The molecule has 0 aliphatic carbocycles. The van der Waals surface area contributed by atoms with Gasteiger partial charge in [0.15, 0.2) is 11.5 Å². The number of rotatable bonds is 5. The molecule has 2 aromatic carbocycles. The summed E-state index contributed by atoms with van der Waals surface area (Å²) >= 11 is 0. The molecule has 2 aliphatic heterocycles. The zero-order valence-electron chi connectivity index (χ0n) is 14.7. The van der Waals surface area contributed by atoms with Crippen LogP contribution in [-0.4, -0.2) is 39.1 Å². The molecule has 1 fully saturated rings. The van der Waals surface area contributed by atoms with Crippen LogP contribution in [0.4, 0.5) is 5.69 Å². The second-order valence-corrected chi connectivity index (χ2v) is 8.26. The fourth-order valence-electron chi connectivity index (χ4n) is 3.20. The van der Waals surface area contributed by atoms with Crippen LogP contribution >= 0.6 is 0 Å². The molecule has 2 aliphatic rings.